The van der Waals surface area contributed by atoms with Crippen molar-refractivity contribution < 1.29 is 27.5 Å². The summed E-state index contributed by atoms with van der Waals surface area (Å²) in [4.78, 5) is 16.6. The van der Waals surface area contributed by atoms with Crippen molar-refractivity contribution in [2.75, 3.05) is 6.54 Å². The molecule has 4 rings (SSSR count). The van der Waals surface area contributed by atoms with Crippen LogP contribution in [0.3, 0.4) is 0 Å². The Hall–Kier alpha value is -3.66. The van der Waals surface area contributed by atoms with Crippen LogP contribution in [-0.2, 0) is 19.2 Å². The summed E-state index contributed by atoms with van der Waals surface area (Å²) in [6.07, 6.45) is -3.38. The van der Waals surface area contributed by atoms with Gasteiger partial charge in [0.2, 0.25) is 5.60 Å². The van der Waals surface area contributed by atoms with Crippen molar-refractivity contribution in [2.45, 2.75) is 24.7 Å². The van der Waals surface area contributed by atoms with Crippen LogP contribution < -0.4 is 5.32 Å². The van der Waals surface area contributed by atoms with Crippen molar-refractivity contribution in [2.24, 2.45) is 7.05 Å². The molecule has 0 aliphatic heterocycles. The molecule has 2 heterocycles. The first kappa shape index (κ1) is 23.5. The van der Waals surface area contributed by atoms with Gasteiger partial charge in [0.15, 0.2) is 0 Å². The number of para-hydroxylation sites is 1. The Labute approximate surface area is 192 Å². The lowest BCUT2D eigenvalue weighted by atomic mass is 9.97. The second-order valence-corrected chi connectivity index (χ2v) is 7.99. The van der Waals surface area contributed by atoms with Crippen LogP contribution in [0.15, 0.2) is 67.0 Å². The van der Waals surface area contributed by atoms with E-state index in [1.54, 1.807) is 53.1 Å². The summed E-state index contributed by atoms with van der Waals surface area (Å²) in [5, 5.41) is 13.6. The van der Waals surface area contributed by atoms with Crippen molar-refractivity contribution in [3.05, 3.63) is 89.9 Å². The van der Waals surface area contributed by atoms with Crippen molar-refractivity contribution in [3.8, 4) is 0 Å². The molecule has 0 spiro atoms. The number of alkyl halides is 3. The van der Waals surface area contributed by atoms with Crippen LogP contribution in [0.5, 0.6) is 0 Å². The molecule has 1 amide bonds. The molecule has 0 fully saturated rings. The number of fused-ring (bicyclic) bond motifs is 1. The number of hydrogen-bond donors (Lipinski definition) is 2. The largest absolute Gasteiger partial charge is 0.424 e. The van der Waals surface area contributed by atoms with Gasteiger partial charge in [-0.25, -0.2) is 9.37 Å². The molecule has 10 heteroatoms. The number of halogens is 4. The lowest BCUT2D eigenvalue weighted by molar-refractivity contribution is -0.272. The van der Waals surface area contributed by atoms with E-state index >= 15 is 0 Å². The highest BCUT2D eigenvalue weighted by molar-refractivity contribution is 5.98. The van der Waals surface area contributed by atoms with E-state index < -0.39 is 42.3 Å². The monoisotopic (exact) mass is 474 g/mol. The Balaban J connectivity index is 1.59. The number of benzene rings is 2. The number of nitrogens with one attached hydrogen (secondary N) is 1. The quantitative estimate of drug-likeness (QED) is 0.396. The average molecular weight is 474 g/mol. The molecule has 2 N–H and O–H groups in total. The third kappa shape index (κ3) is 4.28. The van der Waals surface area contributed by atoms with Crippen molar-refractivity contribution in [1.82, 2.24) is 19.4 Å². The van der Waals surface area contributed by atoms with Gasteiger partial charge in [-0.05, 0) is 18.2 Å². The second kappa shape index (κ2) is 8.94. The first-order valence-electron chi connectivity index (χ1n) is 10.5. The van der Waals surface area contributed by atoms with E-state index in [2.05, 4.69) is 10.3 Å². The predicted octanol–water partition coefficient (Wildman–Crippen LogP) is 4.13. The summed E-state index contributed by atoms with van der Waals surface area (Å²) in [6.45, 7) is -0.411. The number of hydrogen-bond acceptors (Lipinski definition) is 3. The van der Waals surface area contributed by atoms with Crippen LogP contribution in [0, 0.1) is 5.82 Å². The maximum Gasteiger partial charge on any atom is 0.424 e. The van der Waals surface area contributed by atoms with E-state index in [0.717, 1.165) is 16.2 Å². The number of aryl methyl sites for hydroxylation is 1. The molecular formula is C24H22F4N4O2. The summed E-state index contributed by atoms with van der Waals surface area (Å²) in [5.41, 5.74) is -2.04. The van der Waals surface area contributed by atoms with Crippen LogP contribution >= 0.6 is 0 Å². The maximum absolute atomic E-state index is 14.3. The van der Waals surface area contributed by atoms with E-state index in [9.17, 15) is 27.5 Å². The summed E-state index contributed by atoms with van der Waals surface area (Å²) in [5.74, 6) is -1.64. The van der Waals surface area contributed by atoms with Crippen LogP contribution in [-0.4, -0.2) is 37.9 Å². The topological polar surface area (TPSA) is 72.1 Å². The molecule has 0 aliphatic carbocycles. The van der Waals surface area contributed by atoms with E-state index in [1.165, 1.54) is 19.3 Å². The predicted molar refractivity (Wildman–Crippen MR) is 118 cm³/mol. The van der Waals surface area contributed by atoms with Crippen LogP contribution in [0.2, 0.25) is 0 Å². The fraction of sp³-hybridized carbons (Fsp3) is 0.250. The van der Waals surface area contributed by atoms with Gasteiger partial charge >= 0.3 is 6.18 Å². The first-order valence-corrected chi connectivity index (χ1v) is 10.5. The Kier molecular flexibility index (Phi) is 6.18. The van der Waals surface area contributed by atoms with E-state index in [1.807, 2.05) is 0 Å². The van der Waals surface area contributed by atoms with Gasteiger partial charge in [-0.3, -0.25) is 4.79 Å². The molecule has 4 aromatic rings. The fourth-order valence-corrected chi connectivity index (χ4v) is 3.96. The van der Waals surface area contributed by atoms with Gasteiger partial charge in [0.25, 0.3) is 5.91 Å². The number of nitrogens with zero attached hydrogens (tertiary/aromatic N) is 3. The summed E-state index contributed by atoms with van der Waals surface area (Å²) >= 11 is 0. The molecular weight excluding hydrogens is 452 g/mol. The highest BCUT2D eigenvalue weighted by Crippen LogP contribution is 2.40. The Morgan fingerprint density at radius 2 is 1.82 bits per heavy atom. The van der Waals surface area contributed by atoms with Gasteiger partial charge in [0, 0.05) is 48.9 Å². The molecule has 0 saturated heterocycles. The number of carbonyl (C=O) groups excluding carboxylic acids is 1. The molecule has 2 aromatic carbocycles. The molecule has 0 radical (unpaired) electrons. The van der Waals surface area contributed by atoms with Crippen molar-refractivity contribution in [3.63, 3.8) is 0 Å². The standard InChI is InChI=1S/C24H22F4N4O2/c1-31-13-12-30-22(31)23(34,24(26,27)28)10-11-29-21(33)20-14-16-6-3-5-9-19(16)32(20)15-17-7-2-4-8-18(17)25/h2-9,12-14,34H,10-11,15H2,1H3,(H,29,33). The van der Waals surface area contributed by atoms with E-state index in [-0.39, 0.29) is 12.2 Å². The minimum atomic E-state index is -5.00. The number of aliphatic hydroxyl groups is 1. The second-order valence-electron chi connectivity index (χ2n) is 7.99. The molecule has 34 heavy (non-hydrogen) atoms. The Bertz CT molecular complexity index is 1330. The van der Waals surface area contributed by atoms with Crippen LogP contribution in [0.1, 0.15) is 28.3 Å². The normalized spacial score (nSPS) is 13.7. The highest BCUT2D eigenvalue weighted by atomic mass is 19.4. The molecule has 0 saturated carbocycles. The number of amides is 1. The molecule has 178 valence electrons. The zero-order chi connectivity index (χ0) is 24.5. The third-order valence-electron chi connectivity index (χ3n) is 5.76. The number of carbonyl (C=O) groups is 1. The lowest BCUT2D eigenvalue weighted by Gasteiger charge is -2.30. The third-order valence-corrected chi connectivity index (χ3v) is 5.76. The number of aromatic nitrogens is 3. The van der Waals surface area contributed by atoms with Gasteiger partial charge in [0.1, 0.15) is 17.3 Å². The molecule has 6 nitrogen and oxygen atoms in total. The smallest absolute Gasteiger partial charge is 0.374 e. The van der Waals surface area contributed by atoms with Gasteiger partial charge < -0.3 is 19.6 Å². The van der Waals surface area contributed by atoms with Crippen molar-refractivity contribution >= 4 is 16.8 Å². The molecule has 0 aliphatic rings. The lowest BCUT2D eigenvalue weighted by Crippen LogP contribution is -2.46. The summed E-state index contributed by atoms with van der Waals surface area (Å²) in [7, 11) is 1.35. The summed E-state index contributed by atoms with van der Waals surface area (Å²) < 4.78 is 58.1. The molecule has 1 unspecified atom stereocenters. The van der Waals surface area contributed by atoms with Gasteiger partial charge in [-0.2, -0.15) is 13.2 Å². The maximum atomic E-state index is 14.3. The zero-order valence-electron chi connectivity index (χ0n) is 18.2. The number of imidazole rings is 1. The highest BCUT2D eigenvalue weighted by Gasteiger charge is 2.57. The number of rotatable bonds is 7. The Morgan fingerprint density at radius 3 is 2.50 bits per heavy atom. The first-order chi connectivity index (χ1) is 16.1. The van der Waals surface area contributed by atoms with Crippen LogP contribution in [0.25, 0.3) is 10.9 Å². The SMILES string of the molecule is Cn1ccnc1C(O)(CCNC(=O)c1cc2ccccc2n1Cc1ccccc1F)C(F)(F)F. The molecule has 2 aromatic heterocycles. The average Bonchev–Trinajstić information content (AvgIpc) is 3.38. The minimum absolute atomic E-state index is 0.0582. The molecule has 1 atom stereocenters. The van der Waals surface area contributed by atoms with Gasteiger partial charge in [0.05, 0.1) is 6.54 Å². The zero-order valence-corrected chi connectivity index (χ0v) is 18.2. The summed E-state index contributed by atoms with van der Waals surface area (Å²) in [6, 6.07) is 14.9. The van der Waals surface area contributed by atoms with Gasteiger partial charge in [-0.1, -0.05) is 36.4 Å². The molecule has 0 bridgehead atoms. The Morgan fingerprint density at radius 1 is 1.12 bits per heavy atom. The minimum Gasteiger partial charge on any atom is -0.374 e. The van der Waals surface area contributed by atoms with Crippen molar-refractivity contribution in [1.29, 1.82) is 0 Å². The van der Waals surface area contributed by atoms with Crippen LogP contribution in [0.4, 0.5) is 17.6 Å². The van der Waals surface area contributed by atoms with Gasteiger partial charge in [-0.15, -0.1) is 0 Å². The van der Waals surface area contributed by atoms with E-state index in [4.69, 9.17) is 0 Å². The fourth-order valence-electron chi connectivity index (χ4n) is 3.96. The van der Waals surface area contributed by atoms with E-state index in [0.29, 0.717) is 11.1 Å².